The van der Waals surface area contributed by atoms with Crippen LogP contribution in [-0.4, -0.2) is 36.5 Å². The van der Waals surface area contributed by atoms with E-state index in [1.165, 1.54) is 18.9 Å². The summed E-state index contributed by atoms with van der Waals surface area (Å²) in [6, 6.07) is 0. The van der Waals surface area contributed by atoms with Gasteiger partial charge in [0.15, 0.2) is 0 Å². The predicted molar refractivity (Wildman–Crippen MR) is 73.8 cm³/mol. The molecule has 3 atom stereocenters. The fraction of sp³-hybridized carbons (Fsp3) is 0.800. The van der Waals surface area contributed by atoms with Gasteiger partial charge in [0.2, 0.25) is 0 Å². The summed E-state index contributed by atoms with van der Waals surface area (Å²) in [5.41, 5.74) is 0. The number of hydrogen-bond donors (Lipinski definition) is 1. The lowest BCUT2D eigenvalue weighted by molar-refractivity contribution is -0.145. The van der Waals surface area contributed by atoms with Crippen LogP contribution in [-0.2, 0) is 14.3 Å². The first-order valence-electron chi connectivity index (χ1n) is 7.23. The van der Waals surface area contributed by atoms with Crippen molar-refractivity contribution in [2.45, 2.75) is 70.2 Å². The quantitative estimate of drug-likeness (QED) is 0.517. The van der Waals surface area contributed by atoms with E-state index in [0.717, 1.165) is 12.8 Å². The first-order chi connectivity index (χ1) is 9.15. The molecule has 1 aliphatic heterocycles. The van der Waals surface area contributed by atoms with Gasteiger partial charge in [0, 0.05) is 26.0 Å². The van der Waals surface area contributed by atoms with Crippen LogP contribution >= 0.6 is 0 Å². The molecule has 1 N–H and O–H groups in total. The Morgan fingerprint density at radius 1 is 1.53 bits per heavy atom. The smallest absolute Gasteiger partial charge is 0.330 e. The lowest BCUT2D eigenvalue weighted by Gasteiger charge is -2.24. The molecule has 0 aromatic carbocycles. The molecule has 0 spiro atoms. The fourth-order valence-electron chi connectivity index (χ4n) is 2.37. The molecular weight excluding hydrogens is 244 g/mol. The van der Waals surface area contributed by atoms with Crippen LogP contribution in [0.2, 0.25) is 0 Å². The zero-order valence-corrected chi connectivity index (χ0v) is 12.0. The molecule has 1 aliphatic rings. The second kappa shape index (κ2) is 9.10. The van der Waals surface area contributed by atoms with Crippen LogP contribution in [0, 0.1) is 0 Å². The number of methoxy groups -OCH3 is 1. The molecule has 0 amide bonds. The monoisotopic (exact) mass is 270 g/mol. The molecule has 0 aromatic rings. The van der Waals surface area contributed by atoms with Gasteiger partial charge < -0.3 is 14.6 Å². The molecule has 4 nitrogen and oxygen atoms in total. The maximum atomic E-state index is 11.1. The highest BCUT2D eigenvalue weighted by atomic mass is 16.5. The molecule has 110 valence electrons. The van der Waals surface area contributed by atoms with Crippen molar-refractivity contribution in [1.82, 2.24) is 0 Å². The third-order valence-corrected chi connectivity index (χ3v) is 3.47. The molecule has 1 heterocycles. The van der Waals surface area contributed by atoms with Crippen LogP contribution in [0.15, 0.2) is 12.2 Å². The second-order valence-electron chi connectivity index (χ2n) is 5.18. The lowest BCUT2D eigenvalue weighted by atomic mass is 9.99. The molecule has 0 unspecified atom stereocenters. The van der Waals surface area contributed by atoms with Gasteiger partial charge in [-0.3, -0.25) is 0 Å². The van der Waals surface area contributed by atoms with Gasteiger partial charge in [0.25, 0.3) is 0 Å². The van der Waals surface area contributed by atoms with Crippen LogP contribution in [0.5, 0.6) is 0 Å². The van der Waals surface area contributed by atoms with Crippen molar-refractivity contribution in [1.29, 1.82) is 0 Å². The Hall–Kier alpha value is -0.870. The Labute approximate surface area is 115 Å². The second-order valence-corrected chi connectivity index (χ2v) is 5.18. The molecule has 0 saturated heterocycles. The van der Waals surface area contributed by atoms with Crippen molar-refractivity contribution in [2.75, 3.05) is 7.11 Å². The Morgan fingerprint density at radius 2 is 2.32 bits per heavy atom. The SMILES string of the molecule is CCCCC[C@H](C[C@@H](O)C[C@H]1CC=CC(=O)O1)OC. The number of ether oxygens (including phenoxy) is 2. The highest BCUT2D eigenvalue weighted by molar-refractivity contribution is 5.82. The summed E-state index contributed by atoms with van der Waals surface area (Å²) in [4.78, 5) is 11.1. The van der Waals surface area contributed by atoms with Gasteiger partial charge in [-0.15, -0.1) is 0 Å². The standard InChI is InChI=1S/C15H26O4/c1-3-4-5-7-13(18-2)10-12(16)11-14-8-6-9-15(17)19-14/h6,9,12-14,16H,3-5,7-8,10-11H2,1-2H3/t12-,13-,14-/m1/s1. The summed E-state index contributed by atoms with van der Waals surface area (Å²) in [7, 11) is 1.69. The minimum absolute atomic E-state index is 0.0939. The number of carbonyl (C=O) groups is 1. The third-order valence-electron chi connectivity index (χ3n) is 3.47. The molecule has 0 saturated carbocycles. The zero-order chi connectivity index (χ0) is 14.1. The van der Waals surface area contributed by atoms with Crippen LogP contribution < -0.4 is 0 Å². The molecular formula is C15H26O4. The largest absolute Gasteiger partial charge is 0.459 e. The van der Waals surface area contributed by atoms with Gasteiger partial charge in [-0.25, -0.2) is 4.79 Å². The van der Waals surface area contributed by atoms with E-state index in [2.05, 4.69) is 6.92 Å². The van der Waals surface area contributed by atoms with E-state index in [4.69, 9.17) is 9.47 Å². The van der Waals surface area contributed by atoms with E-state index in [0.29, 0.717) is 19.3 Å². The van der Waals surface area contributed by atoms with E-state index >= 15 is 0 Å². The Kier molecular flexibility index (Phi) is 7.75. The molecule has 0 radical (unpaired) electrons. The molecule has 0 bridgehead atoms. The molecule has 1 rings (SSSR count). The number of hydrogen-bond acceptors (Lipinski definition) is 4. The minimum atomic E-state index is -0.476. The Bertz CT molecular complexity index is 288. The zero-order valence-electron chi connectivity index (χ0n) is 12.0. The number of carbonyl (C=O) groups excluding carboxylic acids is 1. The van der Waals surface area contributed by atoms with E-state index in [-0.39, 0.29) is 18.2 Å². The van der Waals surface area contributed by atoms with Crippen molar-refractivity contribution < 1.29 is 19.4 Å². The van der Waals surface area contributed by atoms with Gasteiger partial charge in [0.05, 0.1) is 12.2 Å². The van der Waals surface area contributed by atoms with Crippen molar-refractivity contribution in [3.63, 3.8) is 0 Å². The maximum absolute atomic E-state index is 11.1. The highest BCUT2D eigenvalue weighted by Gasteiger charge is 2.22. The minimum Gasteiger partial charge on any atom is -0.459 e. The third kappa shape index (κ3) is 6.73. The van der Waals surface area contributed by atoms with Gasteiger partial charge in [-0.1, -0.05) is 32.3 Å². The molecule has 0 aliphatic carbocycles. The number of aliphatic hydroxyl groups is 1. The molecule has 0 aromatic heterocycles. The van der Waals surface area contributed by atoms with Crippen molar-refractivity contribution in [2.24, 2.45) is 0 Å². The number of cyclic esters (lactones) is 1. The summed E-state index contributed by atoms with van der Waals surface area (Å²) >= 11 is 0. The van der Waals surface area contributed by atoms with E-state index in [1.54, 1.807) is 13.2 Å². The molecule has 19 heavy (non-hydrogen) atoms. The van der Waals surface area contributed by atoms with E-state index < -0.39 is 6.10 Å². The van der Waals surface area contributed by atoms with E-state index in [9.17, 15) is 9.90 Å². The van der Waals surface area contributed by atoms with Gasteiger partial charge in [0.1, 0.15) is 6.10 Å². The Balaban J connectivity index is 2.26. The van der Waals surface area contributed by atoms with Crippen LogP contribution in [0.4, 0.5) is 0 Å². The predicted octanol–water partition coefficient (Wildman–Crippen LogP) is 2.59. The van der Waals surface area contributed by atoms with Crippen molar-refractivity contribution in [3.05, 3.63) is 12.2 Å². The van der Waals surface area contributed by atoms with Crippen molar-refractivity contribution >= 4 is 5.97 Å². The van der Waals surface area contributed by atoms with E-state index in [1.807, 2.05) is 0 Å². The first kappa shape index (κ1) is 16.2. The summed E-state index contributed by atoms with van der Waals surface area (Å²) < 4.78 is 10.5. The number of unbranched alkanes of at least 4 members (excludes halogenated alkanes) is 2. The van der Waals surface area contributed by atoms with Crippen LogP contribution in [0.25, 0.3) is 0 Å². The van der Waals surface area contributed by atoms with Crippen LogP contribution in [0.3, 0.4) is 0 Å². The topological polar surface area (TPSA) is 55.8 Å². The maximum Gasteiger partial charge on any atom is 0.330 e. The van der Waals surface area contributed by atoms with Gasteiger partial charge in [-0.05, 0) is 12.8 Å². The average Bonchev–Trinajstić information content (AvgIpc) is 2.37. The highest BCUT2D eigenvalue weighted by Crippen LogP contribution is 2.18. The summed E-state index contributed by atoms with van der Waals surface area (Å²) in [6.45, 7) is 2.17. The molecule has 4 heteroatoms. The summed E-state index contributed by atoms with van der Waals surface area (Å²) in [6.07, 6.45) is 8.94. The summed E-state index contributed by atoms with van der Waals surface area (Å²) in [5.74, 6) is -0.310. The van der Waals surface area contributed by atoms with Gasteiger partial charge >= 0.3 is 5.97 Å². The Morgan fingerprint density at radius 3 is 2.95 bits per heavy atom. The summed E-state index contributed by atoms with van der Waals surface area (Å²) in [5, 5.41) is 10.1. The normalized spacial score (nSPS) is 22.1. The first-order valence-corrected chi connectivity index (χ1v) is 7.23. The molecule has 0 fully saturated rings. The fourth-order valence-corrected chi connectivity index (χ4v) is 2.37. The number of rotatable bonds is 9. The number of aliphatic hydroxyl groups excluding tert-OH is 1. The van der Waals surface area contributed by atoms with Gasteiger partial charge in [-0.2, -0.15) is 0 Å². The lowest BCUT2D eigenvalue weighted by Crippen LogP contribution is -2.28. The average molecular weight is 270 g/mol. The number of esters is 1. The van der Waals surface area contributed by atoms with Crippen molar-refractivity contribution in [3.8, 4) is 0 Å². The van der Waals surface area contributed by atoms with Crippen LogP contribution in [0.1, 0.15) is 51.9 Å².